The smallest absolute Gasteiger partial charge is 0.234 e. The van der Waals surface area contributed by atoms with E-state index in [0.29, 0.717) is 12.2 Å². The van der Waals surface area contributed by atoms with Crippen molar-refractivity contribution < 1.29 is 4.79 Å². The first-order valence-electron chi connectivity index (χ1n) is 8.63. The largest absolute Gasteiger partial charge is 0.325 e. The van der Waals surface area contributed by atoms with Crippen LogP contribution in [-0.2, 0) is 11.2 Å². The van der Waals surface area contributed by atoms with Crippen molar-refractivity contribution in [3.05, 3.63) is 90.4 Å². The van der Waals surface area contributed by atoms with Crippen LogP contribution in [0.3, 0.4) is 0 Å². The molecule has 0 atom stereocenters. The number of fused-ring (bicyclic) bond motifs is 1. The number of rotatable bonds is 6. The molecule has 0 spiro atoms. The number of hydrogen-bond acceptors (Lipinski definition) is 4. The molecule has 0 saturated carbocycles. The first-order chi connectivity index (χ1) is 13.3. The van der Waals surface area contributed by atoms with Gasteiger partial charge in [-0.05, 0) is 42.0 Å². The number of nitrogens with zero attached hydrogens (tertiary/aromatic N) is 3. The molecular formula is C21H18N4OS. The molecule has 0 aliphatic rings. The maximum absolute atomic E-state index is 12.1. The minimum Gasteiger partial charge on any atom is -0.325 e. The minimum atomic E-state index is -0.0138. The number of nitrogens with one attached hydrogen (secondary N) is 1. The van der Waals surface area contributed by atoms with Crippen molar-refractivity contribution >= 4 is 29.0 Å². The molecule has 0 fully saturated rings. The summed E-state index contributed by atoms with van der Waals surface area (Å²) in [6, 6.07) is 23.6. The molecule has 6 heteroatoms. The molecular weight excluding hydrogens is 356 g/mol. The molecule has 1 amide bonds. The first kappa shape index (κ1) is 17.3. The van der Waals surface area contributed by atoms with E-state index in [1.54, 1.807) is 0 Å². The molecule has 4 rings (SSSR count). The predicted molar refractivity (Wildman–Crippen MR) is 108 cm³/mol. The summed E-state index contributed by atoms with van der Waals surface area (Å²) in [6.07, 6.45) is 2.65. The highest BCUT2D eigenvalue weighted by Gasteiger charge is 2.07. The van der Waals surface area contributed by atoms with Crippen LogP contribution in [0.1, 0.15) is 11.4 Å². The van der Waals surface area contributed by atoms with Crippen LogP contribution in [0.25, 0.3) is 5.65 Å². The monoisotopic (exact) mass is 374 g/mol. The van der Waals surface area contributed by atoms with Crippen LogP contribution in [-0.4, -0.2) is 26.3 Å². The second-order valence-corrected chi connectivity index (χ2v) is 7.12. The zero-order valence-electron chi connectivity index (χ0n) is 14.6. The van der Waals surface area contributed by atoms with Crippen LogP contribution >= 0.6 is 11.8 Å². The summed E-state index contributed by atoms with van der Waals surface area (Å²) in [5.41, 5.74) is 2.75. The molecule has 4 aromatic rings. The van der Waals surface area contributed by atoms with Gasteiger partial charge in [0.05, 0.1) is 5.75 Å². The molecule has 0 unspecified atom stereocenters. The van der Waals surface area contributed by atoms with E-state index >= 15 is 0 Å². The summed E-state index contributed by atoms with van der Waals surface area (Å²) < 4.78 is 1.98. The van der Waals surface area contributed by atoms with Gasteiger partial charge >= 0.3 is 0 Å². The third-order valence-electron chi connectivity index (χ3n) is 4.10. The Bertz CT molecular complexity index is 1040. The number of benzene rings is 2. The van der Waals surface area contributed by atoms with Gasteiger partial charge in [0, 0.05) is 23.2 Å². The van der Waals surface area contributed by atoms with Crippen LogP contribution in [0.2, 0.25) is 0 Å². The number of carbonyl (C=O) groups is 1. The Morgan fingerprint density at radius 2 is 1.70 bits per heavy atom. The zero-order chi connectivity index (χ0) is 18.5. The number of hydrogen-bond donors (Lipinski definition) is 1. The highest BCUT2D eigenvalue weighted by Crippen LogP contribution is 2.18. The Hall–Kier alpha value is -3.12. The average molecular weight is 374 g/mol. The molecule has 0 radical (unpaired) electrons. The van der Waals surface area contributed by atoms with Gasteiger partial charge in [0.15, 0.2) is 5.65 Å². The van der Waals surface area contributed by atoms with E-state index in [-0.39, 0.29) is 5.91 Å². The van der Waals surface area contributed by atoms with Gasteiger partial charge in [0.2, 0.25) is 5.91 Å². The fourth-order valence-electron chi connectivity index (χ4n) is 2.76. The Labute approximate surface area is 161 Å². The molecule has 0 bridgehead atoms. The standard InChI is InChI=1S/C21H18N4OS/c26-21(15-27-18-6-2-1-3-7-18)22-17-11-9-16(10-12-17)14-20-24-23-19-8-4-5-13-25(19)20/h1-13H,14-15H2,(H,22,26). The highest BCUT2D eigenvalue weighted by molar-refractivity contribution is 8.00. The molecule has 2 aromatic heterocycles. The summed E-state index contributed by atoms with van der Waals surface area (Å²) >= 11 is 1.52. The van der Waals surface area contributed by atoms with Gasteiger partial charge in [0.1, 0.15) is 5.82 Å². The zero-order valence-corrected chi connectivity index (χ0v) is 15.4. The number of anilines is 1. The van der Waals surface area contributed by atoms with Gasteiger partial charge in [-0.3, -0.25) is 9.20 Å². The van der Waals surface area contributed by atoms with Crippen LogP contribution in [0.15, 0.2) is 83.9 Å². The Morgan fingerprint density at radius 1 is 0.926 bits per heavy atom. The lowest BCUT2D eigenvalue weighted by molar-refractivity contribution is -0.113. The summed E-state index contributed by atoms with van der Waals surface area (Å²) in [5, 5.41) is 11.4. The van der Waals surface area contributed by atoms with Gasteiger partial charge in [-0.15, -0.1) is 22.0 Å². The summed E-state index contributed by atoms with van der Waals surface area (Å²) in [5.74, 6) is 1.26. The van der Waals surface area contributed by atoms with E-state index in [9.17, 15) is 4.79 Å². The third kappa shape index (κ3) is 4.35. The fraction of sp³-hybridized carbons (Fsp3) is 0.0952. The molecule has 0 aliphatic carbocycles. The summed E-state index contributed by atoms with van der Waals surface area (Å²) in [6.45, 7) is 0. The second-order valence-electron chi connectivity index (χ2n) is 6.07. The van der Waals surface area contributed by atoms with Crippen molar-refractivity contribution in [2.45, 2.75) is 11.3 Å². The van der Waals surface area contributed by atoms with Crippen molar-refractivity contribution in [1.82, 2.24) is 14.6 Å². The lowest BCUT2D eigenvalue weighted by Crippen LogP contribution is -2.13. The van der Waals surface area contributed by atoms with E-state index in [0.717, 1.165) is 27.6 Å². The normalized spacial score (nSPS) is 10.8. The number of aromatic nitrogens is 3. The maximum atomic E-state index is 12.1. The lowest BCUT2D eigenvalue weighted by Gasteiger charge is -2.06. The number of carbonyl (C=O) groups excluding carboxylic acids is 1. The molecule has 134 valence electrons. The minimum absolute atomic E-state index is 0.0138. The molecule has 27 heavy (non-hydrogen) atoms. The van der Waals surface area contributed by atoms with E-state index in [2.05, 4.69) is 15.5 Å². The fourth-order valence-corrected chi connectivity index (χ4v) is 3.48. The van der Waals surface area contributed by atoms with Gasteiger partial charge < -0.3 is 5.32 Å². The second kappa shape index (κ2) is 8.05. The van der Waals surface area contributed by atoms with E-state index in [4.69, 9.17) is 0 Å². The first-order valence-corrected chi connectivity index (χ1v) is 9.62. The van der Waals surface area contributed by atoms with Crippen molar-refractivity contribution in [2.24, 2.45) is 0 Å². The Balaban J connectivity index is 1.35. The molecule has 0 saturated heterocycles. The van der Waals surface area contributed by atoms with Crippen molar-refractivity contribution in [3.8, 4) is 0 Å². The van der Waals surface area contributed by atoms with Crippen molar-refractivity contribution in [2.75, 3.05) is 11.1 Å². The Morgan fingerprint density at radius 3 is 2.52 bits per heavy atom. The predicted octanol–water partition coefficient (Wildman–Crippen LogP) is 4.05. The molecule has 1 N–H and O–H groups in total. The van der Waals surface area contributed by atoms with E-state index < -0.39 is 0 Å². The van der Waals surface area contributed by atoms with Gasteiger partial charge in [-0.1, -0.05) is 36.4 Å². The topological polar surface area (TPSA) is 59.3 Å². The number of pyridine rings is 1. The van der Waals surface area contributed by atoms with Crippen LogP contribution in [0, 0.1) is 0 Å². The highest BCUT2D eigenvalue weighted by atomic mass is 32.2. The molecule has 2 aromatic carbocycles. The SMILES string of the molecule is O=C(CSc1ccccc1)Nc1ccc(Cc2nnc3ccccn23)cc1. The van der Waals surface area contributed by atoms with E-state index in [1.165, 1.54) is 11.8 Å². The van der Waals surface area contributed by atoms with E-state index in [1.807, 2.05) is 83.4 Å². The third-order valence-corrected chi connectivity index (χ3v) is 5.11. The van der Waals surface area contributed by atoms with Crippen molar-refractivity contribution in [1.29, 1.82) is 0 Å². The van der Waals surface area contributed by atoms with Gasteiger partial charge in [-0.25, -0.2) is 0 Å². The molecule has 2 heterocycles. The van der Waals surface area contributed by atoms with Crippen LogP contribution < -0.4 is 5.32 Å². The van der Waals surface area contributed by atoms with Crippen LogP contribution in [0.5, 0.6) is 0 Å². The molecule has 0 aliphatic heterocycles. The van der Waals surface area contributed by atoms with Crippen molar-refractivity contribution in [3.63, 3.8) is 0 Å². The quantitative estimate of drug-likeness (QED) is 0.517. The van der Waals surface area contributed by atoms with Gasteiger partial charge in [-0.2, -0.15) is 0 Å². The molecule has 5 nitrogen and oxygen atoms in total. The van der Waals surface area contributed by atoms with Gasteiger partial charge in [0.25, 0.3) is 0 Å². The number of thioether (sulfide) groups is 1. The lowest BCUT2D eigenvalue weighted by atomic mass is 10.1. The summed E-state index contributed by atoms with van der Waals surface area (Å²) in [7, 11) is 0. The average Bonchev–Trinajstić information content (AvgIpc) is 3.12. The summed E-state index contributed by atoms with van der Waals surface area (Å²) in [4.78, 5) is 13.2. The Kier molecular flexibility index (Phi) is 5.16. The number of amides is 1. The maximum Gasteiger partial charge on any atom is 0.234 e. The van der Waals surface area contributed by atoms with Crippen LogP contribution in [0.4, 0.5) is 5.69 Å².